The SMILES string of the molecule is COc1ccc(C)cc1/C=C/C(=O)N1CCC[C@@H]1c1nc2ccccc2s1. The Hall–Kier alpha value is -2.66. The number of fused-ring (bicyclic) bond motifs is 1. The summed E-state index contributed by atoms with van der Waals surface area (Å²) in [5.41, 5.74) is 3.06. The topological polar surface area (TPSA) is 42.4 Å². The monoisotopic (exact) mass is 378 g/mol. The first-order valence-corrected chi connectivity index (χ1v) is 9.96. The molecule has 1 fully saturated rings. The molecule has 1 saturated heterocycles. The highest BCUT2D eigenvalue weighted by atomic mass is 32.1. The summed E-state index contributed by atoms with van der Waals surface area (Å²) in [6.45, 7) is 2.80. The van der Waals surface area contributed by atoms with Crippen LogP contribution in [0.3, 0.4) is 0 Å². The van der Waals surface area contributed by atoms with Crippen LogP contribution in [0.4, 0.5) is 0 Å². The van der Waals surface area contributed by atoms with Crippen molar-refractivity contribution in [2.45, 2.75) is 25.8 Å². The summed E-state index contributed by atoms with van der Waals surface area (Å²) in [7, 11) is 1.65. The van der Waals surface area contributed by atoms with Crippen molar-refractivity contribution < 1.29 is 9.53 Å². The van der Waals surface area contributed by atoms with Crippen molar-refractivity contribution in [3.8, 4) is 5.75 Å². The van der Waals surface area contributed by atoms with E-state index in [1.807, 2.05) is 54.3 Å². The molecule has 4 rings (SSSR count). The zero-order chi connectivity index (χ0) is 18.8. The minimum Gasteiger partial charge on any atom is -0.496 e. The van der Waals surface area contributed by atoms with Crippen LogP contribution in [0.25, 0.3) is 16.3 Å². The second-order valence-corrected chi connectivity index (χ2v) is 7.85. The number of benzene rings is 2. The lowest BCUT2D eigenvalue weighted by Crippen LogP contribution is -2.28. The number of thiazole rings is 1. The van der Waals surface area contributed by atoms with Gasteiger partial charge in [0.1, 0.15) is 10.8 Å². The van der Waals surface area contributed by atoms with Crippen LogP contribution >= 0.6 is 11.3 Å². The molecular weight excluding hydrogens is 356 g/mol. The molecule has 1 atom stereocenters. The predicted molar refractivity (Wildman–Crippen MR) is 110 cm³/mol. The van der Waals surface area contributed by atoms with Crippen LogP contribution in [-0.2, 0) is 4.79 Å². The number of carbonyl (C=O) groups is 1. The summed E-state index contributed by atoms with van der Waals surface area (Å²) >= 11 is 1.69. The first-order chi connectivity index (χ1) is 13.2. The van der Waals surface area contributed by atoms with Gasteiger partial charge in [-0.05, 0) is 50.1 Å². The first-order valence-electron chi connectivity index (χ1n) is 9.14. The van der Waals surface area contributed by atoms with E-state index in [1.165, 1.54) is 4.70 Å². The fourth-order valence-electron chi connectivity index (χ4n) is 3.56. The normalized spacial score (nSPS) is 17.1. The van der Waals surface area contributed by atoms with Crippen LogP contribution in [0.5, 0.6) is 5.75 Å². The third-order valence-electron chi connectivity index (χ3n) is 4.92. The number of rotatable bonds is 4. The van der Waals surface area contributed by atoms with E-state index >= 15 is 0 Å². The number of amides is 1. The number of hydrogen-bond donors (Lipinski definition) is 0. The van der Waals surface area contributed by atoms with Gasteiger partial charge in [-0.25, -0.2) is 4.98 Å². The van der Waals surface area contributed by atoms with Gasteiger partial charge in [-0.3, -0.25) is 4.79 Å². The Morgan fingerprint density at radius 3 is 2.96 bits per heavy atom. The molecule has 0 aliphatic carbocycles. The molecular formula is C22H22N2O2S. The number of para-hydroxylation sites is 1. The zero-order valence-electron chi connectivity index (χ0n) is 15.5. The number of nitrogens with zero attached hydrogens (tertiary/aromatic N) is 2. The first kappa shape index (κ1) is 17.7. The molecule has 0 unspecified atom stereocenters. The molecule has 2 aromatic carbocycles. The summed E-state index contributed by atoms with van der Waals surface area (Å²) < 4.78 is 6.57. The maximum absolute atomic E-state index is 12.9. The molecule has 1 aliphatic rings. The van der Waals surface area contributed by atoms with Gasteiger partial charge in [0.15, 0.2) is 0 Å². The number of carbonyl (C=O) groups excluding carboxylic acids is 1. The molecule has 0 N–H and O–H groups in total. The van der Waals surface area contributed by atoms with E-state index in [1.54, 1.807) is 24.5 Å². The van der Waals surface area contributed by atoms with Gasteiger partial charge >= 0.3 is 0 Å². The lowest BCUT2D eigenvalue weighted by Gasteiger charge is -2.21. The van der Waals surface area contributed by atoms with Crippen molar-refractivity contribution in [3.05, 3.63) is 64.7 Å². The summed E-state index contributed by atoms with van der Waals surface area (Å²) in [5.74, 6) is 0.800. The van der Waals surface area contributed by atoms with Crippen molar-refractivity contribution >= 4 is 33.5 Å². The molecule has 27 heavy (non-hydrogen) atoms. The highest BCUT2D eigenvalue weighted by Gasteiger charge is 2.31. The minimum atomic E-state index is 0.0281. The van der Waals surface area contributed by atoms with E-state index in [-0.39, 0.29) is 11.9 Å². The molecule has 0 saturated carbocycles. The third kappa shape index (κ3) is 3.60. The van der Waals surface area contributed by atoms with Gasteiger partial charge in [-0.2, -0.15) is 0 Å². The summed E-state index contributed by atoms with van der Waals surface area (Å²) in [4.78, 5) is 19.6. The number of aromatic nitrogens is 1. The lowest BCUT2D eigenvalue weighted by atomic mass is 10.1. The zero-order valence-corrected chi connectivity index (χ0v) is 16.3. The Morgan fingerprint density at radius 2 is 2.15 bits per heavy atom. The molecule has 1 aromatic heterocycles. The van der Waals surface area contributed by atoms with Crippen molar-refractivity contribution in [3.63, 3.8) is 0 Å². The molecule has 0 spiro atoms. The maximum Gasteiger partial charge on any atom is 0.247 e. The molecule has 2 heterocycles. The van der Waals surface area contributed by atoms with Crippen LogP contribution in [0.1, 0.15) is 35.0 Å². The minimum absolute atomic E-state index is 0.0281. The van der Waals surface area contributed by atoms with E-state index in [9.17, 15) is 4.79 Å². The largest absolute Gasteiger partial charge is 0.496 e. The highest BCUT2D eigenvalue weighted by molar-refractivity contribution is 7.18. The number of likely N-dealkylation sites (tertiary alicyclic amines) is 1. The van der Waals surface area contributed by atoms with Crippen LogP contribution < -0.4 is 4.74 Å². The quantitative estimate of drug-likeness (QED) is 0.601. The van der Waals surface area contributed by atoms with Gasteiger partial charge < -0.3 is 9.64 Å². The van der Waals surface area contributed by atoms with Crippen molar-refractivity contribution in [1.82, 2.24) is 9.88 Å². The van der Waals surface area contributed by atoms with Gasteiger partial charge in [-0.1, -0.05) is 23.8 Å². The number of hydrogen-bond acceptors (Lipinski definition) is 4. The highest BCUT2D eigenvalue weighted by Crippen LogP contribution is 2.36. The van der Waals surface area contributed by atoms with Crippen molar-refractivity contribution in [1.29, 1.82) is 0 Å². The Labute approximate surface area is 163 Å². The van der Waals surface area contributed by atoms with Crippen LogP contribution in [0.2, 0.25) is 0 Å². The number of methoxy groups -OCH3 is 1. The standard InChI is InChI=1S/C22H22N2O2S/c1-15-9-11-19(26-2)16(14-15)10-12-21(25)24-13-5-7-18(24)22-23-17-6-3-4-8-20(17)27-22/h3-4,6,8-12,14,18H,5,7,13H2,1-2H3/b12-10+/t18-/m1/s1. The molecule has 3 aromatic rings. The summed E-state index contributed by atoms with van der Waals surface area (Å²) in [5, 5.41) is 1.03. The van der Waals surface area contributed by atoms with E-state index in [0.29, 0.717) is 0 Å². The molecule has 138 valence electrons. The fraction of sp³-hybridized carbons (Fsp3) is 0.273. The Morgan fingerprint density at radius 1 is 1.30 bits per heavy atom. The number of aryl methyl sites for hydroxylation is 1. The average molecular weight is 378 g/mol. The molecule has 1 aliphatic heterocycles. The van der Waals surface area contributed by atoms with Gasteiger partial charge in [0.25, 0.3) is 0 Å². The van der Waals surface area contributed by atoms with E-state index in [2.05, 4.69) is 6.07 Å². The van der Waals surface area contributed by atoms with Crippen molar-refractivity contribution in [2.75, 3.05) is 13.7 Å². The summed E-state index contributed by atoms with van der Waals surface area (Å²) in [6.07, 6.45) is 5.48. The third-order valence-corrected chi connectivity index (χ3v) is 6.06. The molecule has 0 bridgehead atoms. The molecule has 4 nitrogen and oxygen atoms in total. The van der Waals surface area contributed by atoms with Gasteiger partial charge in [-0.15, -0.1) is 11.3 Å². The Kier molecular flexibility index (Phi) is 4.94. The van der Waals surface area contributed by atoms with Gasteiger partial charge in [0.2, 0.25) is 5.91 Å². The second kappa shape index (κ2) is 7.53. The Balaban J connectivity index is 1.56. The summed E-state index contributed by atoms with van der Waals surface area (Å²) in [6, 6.07) is 14.2. The van der Waals surface area contributed by atoms with E-state index in [0.717, 1.165) is 46.8 Å². The molecule has 1 amide bonds. The van der Waals surface area contributed by atoms with E-state index < -0.39 is 0 Å². The van der Waals surface area contributed by atoms with Crippen LogP contribution in [0, 0.1) is 6.92 Å². The molecule has 5 heteroatoms. The van der Waals surface area contributed by atoms with Gasteiger partial charge in [0.05, 0.1) is 23.4 Å². The van der Waals surface area contributed by atoms with Gasteiger partial charge in [0, 0.05) is 18.2 Å². The fourth-order valence-corrected chi connectivity index (χ4v) is 4.68. The predicted octanol–water partition coefficient (Wildman–Crippen LogP) is 4.99. The van der Waals surface area contributed by atoms with E-state index in [4.69, 9.17) is 9.72 Å². The smallest absolute Gasteiger partial charge is 0.247 e. The maximum atomic E-state index is 12.9. The Bertz CT molecular complexity index is 975. The lowest BCUT2D eigenvalue weighted by molar-refractivity contribution is -0.126. The average Bonchev–Trinajstić information content (AvgIpc) is 3.32. The number of ether oxygens (including phenoxy) is 1. The van der Waals surface area contributed by atoms with Crippen molar-refractivity contribution in [2.24, 2.45) is 0 Å². The molecule has 0 radical (unpaired) electrons. The van der Waals surface area contributed by atoms with Crippen LogP contribution in [-0.4, -0.2) is 29.4 Å². The van der Waals surface area contributed by atoms with Crippen LogP contribution in [0.15, 0.2) is 48.5 Å². The second-order valence-electron chi connectivity index (χ2n) is 6.79.